The molecule has 0 heterocycles. The molecule has 0 aliphatic carbocycles. The van der Waals surface area contributed by atoms with E-state index in [1.807, 2.05) is 12.1 Å². The van der Waals surface area contributed by atoms with Crippen molar-refractivity contribution in [2.45, 2.75) is 18.6 Å². The first-order valence-electron chi connectivity index (χ1n) is 6.14. The molecule has 0 radical (unpaired) electrons. The van der Waals surface area contributed by atoms with Crippen LogP contribution in [0.5, 0.6) is 0 Å². The summed E-state index contributed by atoms with van der Waals surface area (Å²) in [7, 11) is 0. The zero-order chi connectivity index (χ0) is 15.6. The molecule has 1 atom stereocenters. The zero-order valence-electron chi connectivity index (χ0n) is 10.8. The summed E-state index contributed by atoms with van der Waals surface area (Å²) in [6.45, 7) is 0. The fraction of sp³-hybridized carbons (Fsp3) is 0.200. The molecular formula is C15H12F4IN. The average Bonchev–Trinajstić information content (AvgIpc) is 2.40. The molecule has 1 unspecified atom stereocenters. The minimum atomic E-state index is -4.55. The van der Waals surface area contributed by atoms with Gasteiger partial charge in [0.1, 0.15) is 5.82 Å². The van der Waals surface area contributed by atoms with E-state index in [0.717, 1.165) is 27.3 Å². The van der Waals surface area contributed by atoms with Crippen LogP contribution < -0.4 is 5.73 Å². The summed E-state index contributed by atoms with van der Waals surface area (Å²) in [5.41, 5.74) is 5.56. The second kappa shape index (κ2) is 6.31. The molecule has 0 saturated heterocycles. The van der Waals surface area contributed by atoms with Crippen LogP contribution in [0.1, 0.15) is 22.7 Å². The Labute approximate surface area is 133 Å². The Morgan fingerprint density at radius 1 is 1.05 bits per heavy atom. The van der Waals surface area contributed by atoms with Gasteiger partial charge in [0, 0.05) is 9.61 Å². The van der Waals surface area contributed by atoms with Crippen LogP contribution in [0.15, 0.2) is 42.5 Å². The lowest BCUT2D eigenvalue weighted by Gasteiger charge is -2.18. The van der Waals surface area contributed by atoms with Crippen molar-refractivity contribution >= 4 is 22.6 Å². The van der Waals surface area contributed by atoms with Gasteiger partial charge < -0.3 is 5.73 Å². The third-order valence-electron chi connectivity index (χ3n) is 3.09. The monoisotopic (exact) mass is 409 g/mol. The molecule has 2 aromatic rings. The van der Waals surface area contributed by atoms with Crippen molar-refractivity contribution in [3.63, 3.8) is 0 Å². The molecule has 2 aromatic carbocycles. The number of alkyl halides is 3. The first-order chi connectivity index (χ1) is 9.77. The van der Waals surface area contributed by atoms with Gasteiger partial charge in [-0.3, -0.25) is 0 Å². The van der Waals surface area contributed by atoms with E-state index in [1.165, 1.54) is 0 Å². The molecule has 0 aliphatic rings. The summed E-state index contributed by atoms with van der Waals surface area (Å²) in [6, 6.07) is 8.76. The standard InChI is InChI=1S/C15H12F4IN/c16-10-3-6-13(15(17,18)19)12(8-10)14(21)7-9-1-4-11(20)5-2-9/h1-6,8,14H,7,21H2. The first-order valence-corrected chi connectivity index (χ1v) is 7.22. The van der Waals surface area contributed by atoms with Crippen LogP contribution in [0, 0.1) is 9.39 Å². The van der Waals surface area contributed by atoms with E-state index in [2.05, 4.69) is 22.6 Å². The molecule has 0 saturated carbocycles. The number of hydrogen-bond acceptors (Lipinski definition) is 1. The van der Waals surface area contributed by atoms with Gasteiger partial charge in [-0.05, 0) is 70.5 Å². The van der Waals surface area contributed by atoms with Crippen molar-refractivity contribution in [2.75, 3.05) is 0 Å². The van der Waals surface area contributed by atoms with Gasteiger partial charge in [-0.15, -0.1) is 0 Å². The van der Waals surface area contributed by atoms with E-state index in [4.69, 9.17) is 5.73 Å². The predicted octanol–water partition coefficient (Wildman–Crippen LogP) is 4.69. The molecule has 2 N–H and O–H groups in total. The maximum Gasteiger partial charge on any atom is 0.416 e. The molecule has 0 spiro atoms. The van der Waals surface area contributed by atoms with E-state index in [0.29, 0.717) is 0 Å². The lowest BCUT2D eigenvalue weighted by Crippen LogP contribution is -2.19. The van der Waals surface area contributed by atoms with E-state index in [1.54, 1.807) is 12.1 Å². The average molecular weight is 409 g/mol. The van der Waals surface area contributed by atoms with E-state index < -0.39 is 23.6 Å². The van der Waals surface area contributed by atoms with Crippen LogP contribution in [0.4, 0.5) is 17.6 Å². The summed E-state index contributed by atoms with van der Waals surface area (Å²) in [6.07, 6.45) is -4.34. The fourth-order valence-corrected chi connectivity index (χ4v) is 2.44. The largest absolute Gasteiger partial charge is 0.416 e. The normalized spacial score (nSPS) is 13.2. The molecule has 0 aliphatic heterocycles. The van der Waals surface area contributed by atoms with Gasteiger partial charge in [-0.1, -0.05) is 12.1 Å². The number of halogens is 5. The topological polar surface area (TPSA) is 26.0 Å². The van der Waals surface area contributed by atoms with Crippen molar-refractivity contribution in [1.29, 1.82) is 0 Å². The summed E-state index contributed by atoms with van der Waals surface area (Å²) in [5, 5.41) is 0. The van der Waals surface area contributed by atoms with Crippen molar-refractivity contribution in [1.82, 2.24) is 0 Å². The zero-order valence-corrected chi connectivity index (χ0v) is 13.0. The SMILES string of the molecule is NC(Cc1ccc(I)cc1)c1cc(F)ccc1C(F)(F)F. The van der Waals surface area contributed by atoms with Crippen LogP contribution in [-0.4, -0.2) is 0 Å². The second-order valence-corrected chi connectivity index (χ2v) is 5.91. The molecule has 0 fully saturated rings. The molecule has 0 aromatic heterocycles. The van der Waals surface area contributed by atoms with Gasteiger partial charge in [0.2, 0.25) is 0 Å². The molecule has 1 nitrogen and oxygen atoms in total. The molecule has 0 amide bonds. The maximum atomic E-state index is 13.3. The van der Waals surface area contributed by atoms with E-state index in [-0.39, 0.29) is 12.0 Å². The van der Waals surface area contributed by atoms with Gasteiger partial charge in [-0.2, -0.15) is 13.2 Å². The number of nitrogens with two attached hydrogens (primary N) is 1. The van der Waals surface area contributed by atoms with E-state index in [9.17, 15) is 17.6 Å². The molecule has 2 rings (SSSR count). The highest BCUT2D eigenvalue weighted by Gasteiger charge is 2.34. The predicted molar refractivity (Wildman–Crippen MR) is 81.2 cm³/mol. The van der Waals surface area contributed by atoms with Gasteiger partial charge in [0.05, 0.1) is 5.56 Å². The Morgan fingerprint density at radius 2 is 1.67 bits per heavy atom. The Balaban J connectivity index is 2.32. The summed E-state index contributed by atoms with van der Waals surface area (Å²) in [4.78, 5) is 0. The van der Waals surface area contributed by atoms with Crippen molar-refractivity contribution in [3.05, 3.63) is 68.5 Å². The minimum absolute atomic E-state index is 0.212. The Bertz CT molecular complexity index is 623. The third kappa shape index (κ3) is 4.16. The minimum Gasteiger partial charge on any atom is -0.324 e. The van der Waals surface area contributed by atoms with Gasteiger partial charge >= 0.3 is 6.18 Å². The van der Waals surface area contributed by atoms with E-state index >= 15 is 0 Å². The van der Waals surface area contributed by atoms with Gasteiger partial charge in [-0.25, -0.2) is 4.39 Å². The van der Waals surface area contributed by atoms with Crippen molar-refractivity contribution in [3.8, 4) is 0 Å². The molecular weight excluding hydrogens is 397 g/mol. The molecule has 0 bridgehead atoms. The molecule has 6 heteroatoms. The first kappa shape index (κ1) is 16.2. The quantitative estimate of drug-likeness (QED) is 0.578. The Hall–Kier alpha value is -1.15. The highest BCUT2D eigenvalue weighted by Crippen LogP contribution is 2.35. The molecule has 112 valence electrons. The fourth-order valence-electron chi connectivity index (χ4n) is 2.08. The van der Waals surface area contributed by atoms with Crippen LogP contribution in [0.3, 0.4) is 0 Å². The lowest BCUT2D eigenvalue weighted by molar-refractivity contribution is -0.138. The smallest absolute Gasteiger partial charge is 0.324 e. The lowest BCUT2D eigenvalue weighted by atomic mass is 9.95. The number of benzene rings is 2. The maximum absolute atomic E-state index is 13.3. The molecule has 21 heavy (non-hydrogen) atoms. The summed E-state index contributed by atoms with van der Waals surface area (Å²) < 4.78 is 53.1. The highest BCUT2D eigenvalue weighted by atomic mass is 127. The van der Waals surface area contributed by atoms with Gasteiger partial charge in [0.15, 0.2) is 0 Å². The highest BCUT2D eigenvalue weighted by molar-refractivity contribution is 14.1. The number of hydrogen-bond donors (Lipinski definition) is 1. The van der Waals surface area contributed by atoms with Crippen molar-refractivity contribution in [2.24, 2.45) is 5.73 Å². The van der Waals surface area contributed by atoms with Crippen LogP contribution in [0.2, 0.25) is 0 Å². The van der Waals surface area contributed by atoms with Crippen LogP contribution in [0.25, 0.3) is 0 Å². The third-order valence-corrected chi connectivity index (χ3v) is 3.81. The van der Waals surface area contributed by atoms with Crippen LogP contribution >= 0.6 is 22.6 Å². The van der Waals surface area contributed by atoms with Gasteiger partial charge in [0.25, 0.3) is 0 Å². The Kier molecular flexibility index (Phi) is 4.88. The summed E-state index contributed by atoms with van der Waals surface area (Å²) in [5.74, 6) is -0.726. The van der Waals surface area contributed by atoms with Crippen LogP contribution in [-0.2, 0) is 12.6 Å². The Morgan fingerprint density at radius 3 is 2.24 bits per heavy atom. The number of rotatable bonds is 3. The second-order valence-electron chi connectivity index (χ2n) is 4.67. The van der Waals surface area contributed by atoms with Crippen molar-refractivity contribution < 1.29 is 17.6 Å². The summed E-state index contributed by atoms with van der Waals surface area (Å²) >= 11 is 2.13.